The highest BCUT2D eigenvalue weighted by atomic mass is 32.2. The maximum atomic E-state index is 11.9. The fourth-order valence-electron chi connectivity index (χ4n) is 2.66. The second-order valence-electron chi connectivity index (χ2n) is 5.92. The summed E-state index contributed by atoms with van der Waals surface area (Å²) in [6, 6.07) is 3.58. The molecule has 1 aliphatic rings. The Morgan fingerprint density at radius 2 is 2.33 bits per heavy atom. The van der Waals surface area contributed by atoms with Crippen LogP contribution in [0.5, 0.6) is 0 Å². The lowest BCUT2D eigenvalue weighted by atomic mass is 10.2. The molecule has 27 heavy (non-hydrogen) atoms. The molecular weight excluding hydrogens is 372 g/mol. The van der Waals surface area contributed by atoms with Crippen LogP contribution >= 0.6 is 11.8 Å². The lowest BCUT2D eigenvalue weighted by Gasteiger charge is -2.11. The van der Waals surface area contributed by atoms with Gasteiger partial charge >= 0.3 is 5.97 Å². The standard InChI is InChI=1S/C17H22N4O5S/c1-2-21-16(13-6-4-8-25-13)19-20-17(21)27-11-15(23)26-10-14(22)18-9-12-5-3-7-24-12/h4,6,8,12H,2-3,5,7,9-11H2,1H3,(H,18,22)/t12-/m1/s1. The van der Waals surface area contributed by atoms with Gasteiger partial charge in [-0.2, -0.15) is 0 Å². The van der Waals surface area contributed by atoms with Crippen molar-refractivity contribution in [1.29, 1.82) is 0 Å². The van der Waals surface area contributed by atoms with E-state index in [0.29, 0.717) is 29.8 Å². The van der Waals surface area contributed by atoms with Crippen LogP contribution in [0.2, 0.25) is 0 Å². The van der Waals surface area contributed by atoms with E-state index in [2.05, 4.69) is 15.5 Å². The molecule has 0 unspecified atom stereocenters. The molecule has 1 fully saturated rings. The number of carbonyl (C=O) groups excluding carboxylic acids is 2. The maximum absolute atomic E-state index is 11.9. The average Bonchev–Trinajstić information content (AvgIpc) is 3.43. The van der Waals surface area contributed by atoms with E-state index in [1.807, 2.05) is 11.5 Å². The van der Waals surface area contributed by atoms with Crippen molar-refractivity contribution in [2.75, 3.05) is 25.5 Å². The number of nitrogens with zero attached hydrogens (tertiary/aromatic N) is 3. The molecule has 0 bridgehead atoms. The Bertz CT molecular complexity index is 755. The number of rotatable bonds is 9. The van der Waals surface area contributed by atoms with Crippen LogP contribution in [0.1, 0.15) is 19.8 Å². The summed E-state index contributed by atoms with van der Waals surface area (Å²) in [5, 5.41) is 11.5. The topological polar surface area (TPSA) is 108 Å². The van der Waals surface area contributed by atoms with E-state index in [0.717, 1.165) is 19.4 Å². The van der Waals surface area contributed by atoms with Crippen LogP contribution in [0, 0.1) is 0 Å². The van der Waals surface area contributed by atoms with Crippen LogP contribution in [-0.4, -0.2) is 58.3 Å². The molecule has 146 valence electrons. The third kappa shape index (κ3) is 5.33. The second-order valence-corrected chi connectivity index (χ2v) is 6.86. The van der Waals surface area contributed by atoms with Crippen LogP contribution in [0.3, 0.4) is 0 Å². The highest BCUT2D eigenvalue weighted by molar-refractivity contribution is 7.99. The zero-order valence-corrected chi connectivity index (χ0v) is 15.9. The van der Waals surface area contributed by atoms with Crippen molar-refractivity contribution in [3.63, 3.8) is 0 Å². The van der Waals surface area contributed by atoms with Crippen molar-refractivity contribution in [3.05, 3.63) is 18.4 Å². The minimum absolute atomic E-state index is 0.0370. The predicted molar refractivity (Wildman–Crippen MR) is 97.1 cm³/mol. The molecule has 1 amide bonds. The molecule has 3 heterocycles. The largest absolute Gasteiger partial charge is 0.461 e. The minimum atomic E-state index is -0.488. The van der Waals surface area contributed by atoms with E-state index in [-0.39, 0.29) is 24.4 Å². The Balaban J connectivity index is 1.42. The van der Waals surface area contributed by atoms with Crippen LogP contribution < -0.4 is 5.32 Å². The summed E-state index contributed by atoms with van der Waals surface area (Å²) in [6.07, 6.45) is 3.58. The number of aromatic nitrogens is 3. The lowest BCUT2D eigenvalue weighted by Crippen LogP contribution is -2.35. The van der Waals surface area contributed by atoms with Gasteiger partial charge in [-0.15, -0.1) is 10.2 Å². The molecule has 2 aromatic heterocycles. The van der Waals surface area contributed by atoms with Gasteiger partial charge in [-0.3, -0.25) is 14.2 Å². The summed E-state index contributed by atoms with van der Waals surface area (Å²) in [5.74, 6) is 0.432. The minimum Gasteiger partial charge on any atom is -0.461 e. The summed E-state index contributed by atoms with van der Waals surface area (Å²) in [5.41, 5.74) is 0. The molecule has 1 aliphatic heterocycles. The molecule has 0 saturated carbocycles. The van der Waals surface area contributed by atoms with Crippen molar-refractivity contribution >= 4 is 23.6 Å². The monoisotopic (exact) mass is 394 g/mol. The molecule has 9 nitrogen and oxygen atoms in total. The average molecular weight is 394 g/mol. The number of esters is 1. The summed E-state index contributed by atoms with van der Waals surface area (Å²) in [7, 11) is 0. The van der Waals surface area contributed by atoms with Gasteiger partial charge in [-0.05, 0) is 31.9 Å². The van der Waals surface area contributed by atoms with E-state index in [1.165, 1.54) is 11.8 Å². The normalized spacial score (nSPS) is 16.4. The fraction of sp³-hybridized carbons (Fsp3) is 0.529. The molecule has 0 spiro atoms. The van der Waals surface area contributed by atoms with Crippen molar-refractivity contribution in [1.82, 2.24) is 20.1 Å². The van der Waals surface area contributed by atoms with E-state index >= 15 is 0 Å². The Hall–Kier alpha value is -2.33. The van der Waals surface area contributed by atoms with Gasteiger partial charge in [0.05, 0.1) is 18.1 Å². The molecule has 0 aliphatic carbocycles. The number of nitrogens with one attached hydrogen (secondary N) is 1. The third-order valence-corrected chi connectivity index (χ3v) is 4.95. The Labute approximate surface area is 160 Å². The summed E-state index contributed by atoms with van der Waals surface area (Å²) >= 11 is 1.20. The highest BCUT2D eigenvalue weighted by Crippen LogP contribution is 2.24. The van der Waals surface area contributed by atoms with Crippen molar-refractivity contribution in [2.24, 2.45) is 0 Å². The van der Waals surface area contributed by atoms with E-state index < -0.39 is 5.97 Å². The van der Waals surface area contributed by atoms with Crippen molar-refractivity contribution in [3.8, 4) is 11.6 Å². The molecule has 3 rings (SSSR count). The molecule has 1 atom stereocenters. The summed E-state index contributed by atoms with van der Waals surface area (Å²) < 4.78 is 17.6. The summed E-state index contributed by atoms with van der Waals surface area (Å²) in [6.45, 7) is 3.46. The second kappa shape index (κ2) is 9.56. The molecule has 10 heteroatoms. The number of carbonyl (C=O) groups is 2. The smallest absolute Gasteiger partial charge is 0.316 e. The lowest BCUT2D eigenvalue weighted by molar-refractivity contribution is -0.146. The summed E-state index contributed by atoms with van der Waals surface area (Å²) in [4.78, 5) is 23.6. The van der Waals surface area contributed by atoms with E-state index in [9.17, 15) is 9.59 Å². The van der Waals surface area contributed by atoms with Gasteiger partial charge in [0.15, 0.2) is 23.3 Å². The van der Waals surface area contributed by atoms with Gasteiger partial charge in [0.25, 0.3) is 5.91 Å². The molecular formula is C17H22N4O5S. The molecule has 1 saturated heterocycles. The molecule has 1 N–H and O–H groups in total. The van der Waals surface area contributed by atoms with E-state index in [1.54, 1.807) is 18.4 Å². The van der Waals surface area contributed by atoms with Crippen molar-refractivity contribution in [2.45, 2.75) is 37.6 Å². The Morgan fingerprint density at radius 1 is 1.44 bits per heavy atom. The SMILES string of the molecule is CCn1c(SCC(=O)OCC(=O)NC[C@H]2CCCO2)nnc1-c1ccco1. The molecule has 0 aromatic carbocycles. The quantitative estimate of drug-likeness (QED) is 0.503. The number of furan rings is 1. The van der Waals surface area contributed by atoms with Gasteiger partial charge in [-0.1, -0.05) is 11.8 Å². The van der Waals surface area contributed by atoms with Gasteiger partial charge in [0, 0.05) is 19.7 Å². The molecule has 0 radical (unpaired) electrons. The van der Waals surface area contributed by atoms with Crippen LogP contribution in [0.25, 0.3) is 11.6 Å². The number of ether oxygens (including phenoxy) is 2. The third-order valence-electron chi connectivity index (χ3n) is 4.01. The van der Waals surface area contributed by atoms with Crippen molar-refractivity contribution < 1.29 is 23.5 Å². The number of thioether (sulfide) groups is 1. The first-order valence-corrected chi connectivity index (χ1v) is 9.79. The number of hydrogen-bond acceptors (Lipinski definition) is 8. The molecule has 2 aromatic rings. The predicted octanol–water partition coefficient (Wildman–Crippen LogP) is 1.49. The van der Waals surface area contributed by atoms with Crippen LogP contribution in [0.15, 0.2) is 28.0 Å². The van der Waals surface area contributed by atoms with Gasteiger partial charge in [0.2, 0.25) is 0 Å². The van der Waals surface area contributed by atoms with Gasteiger partial charge in [-0.25, -0.2) is 0 Å². The van der Waals surface area contributed by atoms with Gasteiger partial charge in [0.1, 0.15) is 0 Å². The first-order valence-electron chi connectivity index (χ1n) is 8.81. The highest BCUT2D eigenvalue weighted by Gasteiger charge is 2.18. The zero-order chi connectivity index (χ0) is 19.1. The maximum Gasteiger partial charge on any atom is 0.316 e. The first-order chi connectivity index (χ1) is 13.2. The van der Waals surface area contributed by atoms with E-state index in [4.69, 9.17) is 13.9 Å². The Morgan fingerprint density at radius 3 is 3.04 bits per heavy atom. The fourth-order valence-corrected chi connectivity index (χ4v) is 3.46. The van der Waals surface area contributed by atoms with Crippen LogP contribution in [0.4, 0.5) is 0 Å². The zero-order valence-electron chi connectivity index (χ0n) is 15.1. The van der Waals surface area contributed by atoms with Crippen LogP contribution in [-0.2, 0) is 25.6 Å². The first kappa shape index (κ1) is 19.4. The number of amides is 1. The van der Waals surface area contributed by atoms with Gasteiger partial charge < -0.3 is 19.2 Å². The Kier molecular flexibility index (Phi) is 6.88. The number of hydrogen-bond donors (Lipinski definition) is 1.